The molecular weight excluding hydrogens is 244 g/mol. The monoisotopic (exact) mass is 258 g/mol. The van der Waals surface area contributed by atoms with Crippen molar-refractivity contribution in [3.8, 4) is 0 Å². The maximum Gasteiger partial charge on any atom is 0.330 e. The molecule has 6 heteroatoms. The van der Waals surface area contributed by atoms with Crippen molar-refractivity contribution in [3.63, 3.8) is 0 Å². The Bertz CT molecular complexity index is 510. The van der Waals surface area contributed by atoms with E-state index < -0.39 is 17.5 Å². The van der Waals surface area contributed by atoms with Crippen LogP contribution in [0.2, 0.25) is 0 Å². The van der Waals surface area contributed by atoms with Gasteiger partial charge < -0.3 is 4.74 Å². The SMILES string of the molecule is CC[C@@H]1O[C@H](n2ccc(=O)[nH]c2=O)C(Cl)C1C. The summed E-state index contributed by atoms with van der Waals surface area (Å²) in [4.78, 5) is 24.8. The van der Waals surface area contributed by atoms with Crippen molar-refractivity contribution in [1.82, 2.24) is 9.55 Å². The number of rotatable bonds is 2. The van der Waals surface area contributed by atoms with Crippen molar-refractivity contribution in [2.75, 3.05) is 0 Å². The maximum absolute atomic E-state index is 11.6. The summed E-state index contributed by atoms with van der Waals surface area (Å²) in [6, 6.07) is 1.29. The molecule has 0 bridgehead atoms. The van der Waals surface area contributed by atoms with Crippen molar-refractivity contribution in [1.29, 1.82) is 0 Å². The molecule has 1 aromatic rings. The predicted molar refractivity (Wildman–Crippen MR) is 64.3 cm³/mol. The molecule has 0 amide bonds. The van der Waals surface area contributed by atoms with Gasteiger partial charge in [0.05, 0.1) is 11.5 Å². The molecule has 0 aromatic carbocycles. The van der Waals surface area contributed by atoms with Gasteiger partial charge in [-0.2, -0.15) is 0 Å². The fourth-order valence-corrected chi connectivity index (χ4v) is 2.50. The zero-order chi connectivity index (χ0) is 12.6. The molecule has 5 nitrogen and oxygen atoms in total. The molecule has 0 spiro atoms. The molecule has 1 fully saturated rings. The fourth-order valence-electron chi connectivity index (χ4n) is 2.16. The lowest BCUT2D eigenvalue weighted by molar-refractivity contribution is -0.00685. The van der Waals surface area contributed by atoms with Gasteiger partial charge in [-0.3, -0.25) is 14.3 Å². The Morgan fingerprint density at radius 1 is 1.53 bits per heavy atom. The Balaban J connectivity index is 2.35. The zero-order valence-electron chi connectivity index (χ0n) is 9.72. The van der Waals surface area contributed by atoms with E-state index >= 15 is 0 Å². The number of alkyl halides is 1. The Hall–Kier alpha value is -1.07. The number of hydrogen-bond acceptors (Lipinski definition) is 3. The minimum Gasteiger partial charge on any atom is -0.353 e. The van der Waals surface area contributed by atoms with E-state index in [1.54, 1.807) is 0 Å². The molecule has 94 valence electrons. The topological polar surface area (TPSA) is 64.1 Å². The summed E-state index contributed by atoms with van der Waals surface area (Å²) in [6.07, 6.45) is 1.80. The van der Waals surface area contributed by atoms with Crippen molar-refractivity contribution >= 4 is 11.6 Å². The van der Waals surface area contributed by atoms with Crippen LogP contribution in [0.15, 0.2) is 21.9 Å². The van der Waals surface area contributed by atoms with E-state index in [1.807, 2.05) is 13.8 Å². The summed E-state index contributed by atoms with van der Waals surface area (Å²) in [7, 11) is 0. The second-order valence-corrected chi connectivity index (χ2v) is 4.80. The van der Waals surface area contributed by atoms with Gasteiger partial charge in [-0.15, -0.1) is 11.6 Å². The number of nitrogens with zero attached hydrogens (tertiary/aromatic N) is 1. The van der Waals surface area contributed by atoms with Gasteiger partial charge in [0.2, 0.25) is 0 Å². The van der Waals surface area contributed by atoms with Crippen LogP contribution >= 0.6 is 11.6 Å². The third kappa shape index (κ3) is 2.17. The first-order chi connectivity index (χ1) is 8.04. The molecule has 1 saturated heterocycles. The van der Waals surface area contributed by atoms with E-state index in [4.69, 9.17) is 16.3 Å². The average Bonchev–Trinajstić information content (AvgIpc) is 2.57. The molecule has 0 saturated carbocycles. The molecule has 2 unspecified atom stereocenters. The number of aromatic amines is 1. The number of nitrogens with one attached hydrogen (secondary N) is 1. The highest BCUT2D eigenvalue weighted by Gasteiger charge is 2.41. The van der Waals surface area contributed by atoms with Gasteiger partial charge in [-0.25, -0.2) is 4.79 Å². The van der Waals surface area contributed by atoms with E-state index in [-0.39, 0.29) is 17.4 Å². The van der Waals surface area contributed by atoms with Crippen molar-refractivity contribution in [2.45, 2.75) is 38.0 Å². The molecule has 0 radical (unpaired) electrons. The van der Waals surface area contributed by atoms with Gasteiger partial charge in [-0.1, -0.05) is 13.8 Å². The Labute approximate surface area is 103 Å². The maximum atomic E-state index is 11.6. The number of aromatic nitrogens is 2. The molecule has 2 rings (SSSR count). The molecule has 0 aliphatic carbocycles. The Morgan fingerprint density at radius 3 is 2.76 bits per heavy atom. The smallest absolute Gasteiger partial charge is 0.330 e. The second-order valence-electron chi connectivity index (χ2n) is 4.29. The number of ether oxygens (including phenoxy) is 1. The summed E-state index contributed by atoms with van der Waals surface area (Å²) in [5.41, 5.74) is -0.910. The van der Waals surface area contributed by atoms with Crippen LogP contribution in [0.4, 0.5) is 0 Å². The van der Waals surface area contributed by atoms with Crippen molar-refractivity contribution < 1.29 is 4.74 Å². The molecule has 1 aliphatic rings. The normalized spacial score (nSPS) is 32.9. The zero-order valence-corrected chi connectivity index (χ0v) is 10.5. The lowest BCUT2D eigenvalue weighted by Gasteiger charge is -2.16. The molecule has 1 aromatic heterocycles. The van der Waals surface area contributed by atoms with Crippen LogP contribution in [0.25, 0.3) is 0 Å². The van der Waals surface area contributed by atoms with Crippen LogP contribution in [-0.2, 0) is 4.74 Å². The standard InChI is InChI=1S/C11H15ClN2O3/c1-3-7-6(2)9(12)10(17-7)14-5-4-8(15)13-11(14)16/h4-7,9-10H,3H2,1-2H3,(H,13,15,16)/t6?,7-,9?,10-/m0/s1. The van der Waals surface area contributed by atoms with Gasteiger partial charge in [0.15, 0.2) is 6.23 Å². The molecule has 4 atom stereocenters. The Kier molecular flexibility index (Phi) is 3.40. The quantitative estimate of drug-likeness (QED) is 0.808. The van der Waals surface area contributed by atoms with Crippen LogP contribution in [-0.4, -0.2) is 21.0 Å². The van der Waals surface area contributed by atoms with Crippen molar-refractivity contribution in [3.05, 3.63) is 33.1 Å². The van der Waals surface area contributed by atoms with Gasteiger partial charge >= 0.3 is 5.69 Å². The van der Waals surface area contributed by atoms with E-state index in [0.29, 0.717) is 0 Å². The van der Waals surface area contributed by atoms with Crippen LogP contribution in [0.1, 0.15) is 26.5 Å². The lowest BCUT2D eigenvalue weighted by Crippen LogP contribution is -2.34. The summed E-state index contributed by atoms with van der Waals surface area (Å²) in [6.45, 7) is 4.02. The van der Waals surface area contributed by atoms with Gasteiger partial charge in [0.25, 0.3) is 5.56 Å². The molecule has 1 N–H and O–H groups in total. The van der Waals surface area contributed by atoms with E-state index in [1.165, 1.54) is 16.8 Å². The lowest BCUT2D eigenvalue weighted by atomic mass is 10.0. The van der Waals surface area contributed by atoms with Gasteiger partial charge in [-0.05, 0) is 6.42 Å². The summed E-state index contributed by atoms with van der Waals surface area (Å²) < 4.78 is 7.09. The predicted octanol–water partition coefficient (Wildman–Crippen LogP) is 1.09. The second kappa shape index (κ2) is 4.66. The summed E-state index contributed by atoms with van der Waals surface area (Å²) >= 11 is 6.27. The van der Waals surface area contributed by atoms with Gasteiger partial charge in [0, 0.05) is 18.2 Å². The third-order valence-electron chi connectivity index (χ3n) is 3.20. The highest BCUT2D eigenvalue weighted by molar-refractivity contribution is 6.21. The third-order valence-corrected chi connectivity index (χ3v) is 3.82. The molecular formula is C11H15ClN2O3. The highest BCUT2D eigenvalue weighted by atomic mass is 35.5. The number of hydrogen-bond donors (Lipinski definition) is 1. The van der Waals surface area contributed by atoms with Crippen LogP contribution in [0.3, 0.4) is 0 Å². The average molecular weight is 259 g/mol. The number of halogens is 1. The fraction of sp³-hybridized carbons (Fsp3) is 0.636. The van der Waals surface area contributed by atoms with Crippen molar-refractivity contribution in [2.24, 2.45) is 5.92 Å². The van der Waals surface area contributed by atoms with Crippen LogP contribution < -0.4 is 11.2 Å². The minimum atomic E-state index is -0.513. The van der Waals surface area contributed by atoms with Gasteiger partial charge in [0.1, 0.15) is 0 Å². The largest absolute Gasteiger partial charge is 0.353 e. The summed E-state index contributed by atoms with van der Waals surface area (Å²) in [5.74, 6) is 0.172. The van der Waals surface area contributed by atoms with Crippen LogP contribution in [0.5, 0.6) is 0 Å². The molecule has 2 heterocycles. The van der Waals surface area contributed by atoms with E-state index in [0.717, 1.165) is 6.42 Å². The Morgan fingerprint density at radius 2 is 2.24 bits per heavy atom. The van der Waals surface area contributed by atoms with E-state index in [9.17, 15) is 9.59 Å². The molecule has 17 heavy (non-hydrogen) atoms. The van der Waals surface area contributed by atoms with E-state index in [2.05, 4.69) is 4.98 Å². The van der Waals surface area contributed by atoms with Crippen LogP contribution in [0, 0.1) is 5.92 Å². The first-order valence-electron chi connectivity index (χ1n) is 5.65. The first-order valence-corrected chi connectivity index (χ1v) is 6.09. The number of H-pyrrole nitrogens is 1. The highest BCUT2D eigenvalue weighted by Crippen LogP contribution is 2.37. The minimum absolute atomic E-state index is 0.0429. The molecule has 1 aliphatic heterocycles. The summed E-state index contributed by atoms with van der Waals surface area (Å²) in [5, 5.41) is -0.274. The first kappa shape index (κ1) is 12.4.